The molecule has 0 atom stereocenters. The van der Waals surface area contributed by atoms with E-state index in [1.165, 1.54) is 6.08 Å². The minimum atomic E-state index is -0.780. The van der Waals surface area contributed by atoms with Crippen molar-refractivity contribution in [2.45, 2.75) is 40.2 Å². The molecule has 9 heteroatoms. The van der Waals surface area contributed by atoms with Crippen molar-refractivity contribution in [3.8, 4) is 17.2 Å². The van der Waals surface area contributed by atoms with Crippen molar-refractivity contribution in [1.29, 1.82) is 0 Å². The van der Waals surface area contributed by atoms with Gasteiger partial charge in [-0.15, -0.1) is 0 Å². The van der Waals surface area contributed by atoms with Crippen LogP contribution in [0.1, 0.15) is 44.7 Å². The van der Waals surface area contributed by atoms with Crippen LogP contribution in [0.25, 0.3) is 6.08 Å². The number of nitrogens with zero attached hydrogens (tertiary/aromatic N) is 1. The first-order chi connectivity index (χ1) is 16.9. The number of ether oxygens (including phenoxy) is 3. The van der Waals surface area contributed by atoms with E-state index in [1.807, 2.05) is 26.8 Å². The molecule has 3 rings (SSSR count). The second kappa shape index (κ2) is 12.4. The molecule has 0 unspecified atom stereocenters. The number of hydrogen-bond acceptors (Lipinski definition) is 6. The first-order valence-electron chi connectivity index (χ1n) is 11.6. The molecule has 0 spiro atoms. The minimum Gasteiger partial charge on any atom is -0.493 e. The molecular weight excluding hydrogens is 516 g/mol. The maximum Gasteiger partial charge on any atom is 0.331 e. The van der Waals surface area contributed by atoms with Crippen molar-refractivity contribution < 1.29 is 28.6 Å². The van der Waals surface area contributed by atoms with Crippen molar-refractivity contribution in [3.05, 3.63) is 57.6 Å². The normalized spacial score (nSPS) is 14.8. The van der Waals surface area contributed by atoms with Gasteiger partial charge in [-0.3, -0.25) is 19.8 Å². The van der Waals surface area contributed by atoms with Gasteiger partial charge in [-0.25, -0.2) is 4.79 Å². The number of rotatable bonds is 11. The number of amides is 4. The summed E-state index contributed by atoms with van der Waals surface area (Å²) in [4.78, 5) is 39.4. The Labute approximate surface area is 213 Å². The van der Waals surface area contributed by atoms with Gasteiger partial charge in [0.25, 0.3) is 11.8 Å². The molecule has 0 bridgehead atoms. The highest BCUT2D eigenvalue weighted by molar-refractivity contribution is 9.10. The molecule has 0 saturated carbocycles. The number of barbiturate groups is 1. The Bertz CT molecular complexity index is 1130. The van der Waals surface area contributed by atoms with E-state index >= 15 is 0 Å². The Morgan fingerprint density at radius 2 is 1.57 bits per heavy atom. The fourth-order valence-corrected chi connectivity index (χ4v) is 3.78. The largest absolute Gasteiger partial charge is 0.493 e. The summed E-state index contributed by atoms with van der Waals surface area (Å²) < 4.78 is 17.9. The summed E-state index contributed by atoms with van der Waals surface area (Å²) in [5, 5.41) is 2.26. The van der Waals surface area contributed by atoms with Crippen LogP contribution in [-0.4, -0.2) is 42.6 Å². The lowest BCUT2D eigenvalue weighted by Gasteiger charge is -2.27. The molecule has 1 aliphatic heterocycles. The lowest BCUT2D eigenvalue weighted by molar-refractivity contribution is -0.130. The van der Waals surface area contributed by atoms with Gasteiger partial charge in [0.05, 0.1) is 26.4 Å². The van der Waals surface area contributed by atoms with Gasteiger partial charge >= 0.3 is 6.03 Å². The molecule has 8 nitrogen and oxygen atoms in total. The molecule has 2 aromatic carbocycles. The van der Waals surface area contributed by atoms with E-state index in [1.54, 1.807) is 30.3 Å². The van der Waals surface area contributed by atoms with Crippen molar-refractivity contribution in [3.63, 3.8) is 0 Å². The van der Waals surface area contributed by atoms with E-state index in [2.05, 4.69) is 21.2 Å². The number of carbonyl (C=O) groups is 3. The molecule has 1 heterocycles. The fourth-order valence-electron chi connectivity index (χ4n) is 3.40. The summed E-state index contributed by atoms with van der Waals surface area (Å²) in [6.07, 6.45) is 3.10. The van der Waals surface area contributed by atoms with Crippen LogP contribution in [-0.2, 0) is 16.1 Å². The predicted octanol–water partition coefficient (Wildman–Crippen LogP) is 5.09. The summed E-state index contributed by atoms with van der Waals surface area (Å²) in [6, 6.07) is 9.80. The molecule has 35 heavy (non-hydrogen) atoms. The lowest BCUT2D eigenvalue weighted by Crippen LogP contribution is -2.53. The zero-order valence-corrected chi connectivity index (χ0v) is 21.6. The number of urea groups is 1. The zero-order valence-electron chi connectivity index (χ0n) is 20.1. The molecule has 2 aromatic rings. The highest BCUT2D eigenvalue weighted by Crippen LogP contribution is 2.30. The number of halogens is 1. The average Bonchev–Trinajstić information content (AvgIpc) is 2.83. The summed E-state index contributed by atoms with van der Waals surface area (Å²) in [5.74, 6) is 0.218. The minimum absolute atomic E-state index is 0.0406. The molecule has 4 amide bonds. The van der Waals surface area contributed by atoms with Gasteiger partial charge in [0.2, 0.25) is 0 Å². The summed E-state index contributed by atoms with van der Waals surface area (Å²) in [5.41, 5.74) is 1.05. The lowest BCUT2D eigenvalue weighted by atomic mass is 10.1. The van der Waals surface area contributed by atoms with Gasteiger partial charge in [-0.05, 0) is 61.7 Å². The van der Waals surface area contributed by atoms with Crippen molar-refractivity contribution >= 4 is 39.9 Å². The van der Waals surface area contributed by atoms with Crippen LogP contribution in [0.2, 0.25) is 0 Å². The Balaban J connectivity index is 1.90. The predicted molar refractivity (Wildman–Crippen MR) is 135 cm³/mol. The van der Waals surface area contributed by atoms with E-state index in [4.69, 9.17) is 14.2 Å². The maximum atomic E-state index is 13.3. The van der Waals surface area contributed by atoms with Gasteiger partial charge in [-0.1, -0.05) is 35.8 Å². The van der Waals surface area contributed by atoms with Crippen LogP contribution in [0.15, 0.2) is 46.4 Å². The van der Waals surface area contributed by atoms with E-state index in [0.29, 0.717) is 48.2 Å². The van der Waals surface area contributed by atoms with Gasteiger partial charge in [0.1, 0.15) is 11.3 Å². The van der Waals surface area contributed by atoms with E-state index in [9.17, 15) is 14.4 Å². The molecule has 1 fully saturated rings. The molecule has 1 N–H and O–H groups in total. The Morgan fingerprint density at radius 1 is 0.886 bits per heavy atom. The monoisotopic (exact) mass is 544 g/mol. The van der Waals surface area contributed by atoms with E-state index in [-0.39, 0.29) is 12.1 Å². The Hall–Kier alpha value is -3.33. The van der Waals surface area contributed by atoms with Crippen molar-refractivity contribution in [2.24, 2.45) is 0 Å². The molecule has 186 valence electrons. The van der Waals surface area contributed by atoms with Gasteiger partial charge in [0, 0.05) is 10.0 Å². The van der Waals surface area contributed by atoms with Crippen LogP contribution in [0.4, 0.5) is 4.79 Å². The quantitative estimate of drug-likeness (QED) is 0.313. The molecule has 1 saturated heterocycles. The van der Waals surface area contributed by atoms with Crippen molar-refractivity contribution in [2.75, 3.05) is 19.8 Å². The second-order valence-electron chi connectivity index (χ2n) is 7.80. The van der Waals surface area contributed by atoms with Crippen LogP contribution in [0, 0.1) is 0 Å². The number of imide groups is 2. The number of carbonyl (C=O) groups excluding carboxylic acids is 3. The number of hydrogen-bond donors (Lipinski definition) is 1. The first kappa shape index (κ1) is 26.3. The van der Waals surface area contributed by atoms with Crippen LogP contribution < -0.4 is 19.5 Å². The summed E-state index contributed by atoms with van der Waals surface area (Å²) in [7, 11) is 0. The van der Waals surface area contributed by atoms with Crippen LogP contribution in [0.3, 0.4) is 0 Å². The van der Waals surface area contributed by atoms with Crippen molar-refractivity contribution in [1.82, 2.24) is 10.2 Å². The maximum absolute atomic E-state index is 13.3. The van der Waals surface area contributed by atoms with Crippen LogP contribution in [0.5, 0.6) is 17.2 Å². The van der Waals surface area contributed by atoms with Gasteiger partial charge < -0.3 is 14.2 Å². The third kappa shape index (κ3) is 6.63. The Morgan fingerprint density at radius 3 is 2.26 bits per heavy atom. The zero-order chi connectivity index (χ0) is 25.4. The SMILES string of the molecule is CCCOc1ccc(Br)cc1/C=C1\C(=O)NC(=O)N(Cc2ccc(OCCC)c(OCC)c2)C1=O. The third-order valence-electron chi connectivity index (χ3n) is 5.03. The average molecular weight is 545 g/mol. The number of benzene rings is 2. The molecule has 0 aliphatic carbocycles. The molecular formula is C26H29BrN2O6. The van der Waals surface area contributed by atoms with E-state index < -0.39 is 17.8 Å². The summed E-state index contributed by atoms with van der Waals surface area (Å²) >= 11 is 3.41. The highest BCUT2D eigenvalue weighted by atomic mass is 79.9. The van der Waals surface area contributed by atoms with Gasteiger partial charge in [0.15, 0.2) is 11.5 Å². The van der Waals surface area contributed by atoms with Crippen LogP contribution >= 0.6 is 15.9 Å². The molecule has 1 aliphatic rings. The first-order valence-corrected chi connectivity index (χ1v) is 12.4. The Kier molecular flexibility index (Phi) is 9.31. The third-order valence-corrected chi connectivity index (χ3v) is 5.52. The second-order valence-corrected chi connectivity index (χ2v) is 8.72. The fraction of sp³-hybridized carbons (Fsp3) is 0.346. The molecule has 0 aromatic heterocycles. The van der Waals surface area contributed by atoms with E-state index in [0.717, 1.165) is 22.2 Å². The smallest absolute Gasteiger partial charge is 0.331 e. The van der Waals surface area contributed by atoms with Gasteiger partial charge in [-0.2, -0.15) is 0 Å². The topological polar surface area (TPSA) is 94.2 Å². The standard InChI is InChI=1S/C26H29BrN2O6/c1-4-11-34-21-10-8-19(27)14-18(21)15-20-24(30)28-26(32)29(25(20)31)16-17-7-9-22(35-12-5-2)23(13-17)33-6-3/h7-10,13-15H,4-6,11-12,16H2,1-3H3,(H,28,30,32)/b20-15+. The molecule has 0 radical (unpaired) electrons. The highest BCUT2D eigenvalue weighted by Gasteiger charge is 2.36. The summed E-state index contributed by atoms with van der Waals surface area (Å²) in [6.45, 7) is 7.28. The number of nitrogens with one attached hydrogen (secondary N) is 1.